The third-order valence-corrected chi connectivity index (χ3v) is 5.14. The van der Waals surface area contributed by atoms with Crippen LogP contribution in [0.2, 0.25) is 5.02 Å². The van der Waals surface area contributed by atoms with Gasteiger partial charge < -0.3 is 24.6 Å². The maximum Gasteiger partial charge on any atom is 0.335 e. The molecule has 3 aromatic rings. The number of ether oxygens (including phenoxy) is 3. The Hall–Kier alpha value is -4.48. The minimum Gasteiger partial charge on any atom is -0.497 e. The first kappa shape index (κ1) is 25.1. The Labute approximate surface area is 206 Å². The van der Waals surface area contributed by atoms with E-state index in [1.807, 2.05) is 6.07 Å². The van der Waals surface area contributed by atoms with Crippen molar-refractivity contribution in [1.82, 2.24) is 0 Å². The van der Waals surface area contributed by atoms with Gasteiger partial charge >= 0.3 is 5.97 Å². The van der Waals surface area contributed by atoms with Gasteiger partial charge in [-0.2, -0.15) is 5.26 Å². The minimum absolute atomic E-state index is 0.124. The van der Waals surface area contributed by atoms with Crippen molar-refractivity contribution in [2.45, 2.75) is 6.61 Å². The number of hydrogen-bond acceptors (Lipinski definition) is 6. The first-order valence-corrected chi connectivity index (χ1v) is 10.6. The summed E-state index contributed by atoms with van der Waals surface area (Å²) < 4.78 is 16.3. The van der Waals surface area contributed by atoms with Crippen LogP contribution in [0, 0.1) is 11.3 Å². The van der Waals surface area contributed by atoms with Gasteiger partial charge in [0.1, 0.15) is 24.0 Å². The number of carbonyl (C=O) groups is 2. The Balaban J connectivity index is 1.77. The van der Waals surface area contributed by atoms with E-state index in [2.05, 4.69) is 5.32 Å². The molecule has 2 N–H and O–H groups in total. The number of hydrogen-bond donors (Lipinski definition) is 2. The molecule has 0 radical (unpaired) electrons. The molecule has 0 saturated heterocycles. The number of carboxylic acid groups (broad SMARTS) is 1. The van der Waals surface area contributed by atoms with E-state index in [9.17, 15) is 14.9 Å². The van der Waals surface area contributed by atoms with E-state index in [0.717, 1.165) is 5.56 Å². The number of aromatic carboxylic acids is 1. The zero-order valence-electron chi connectivity index (χ0n) is 18.9. The molecule has 9 heteroatoms. The van der Waals surface area contributed by atoms with Crippen molar-refractivity contribution in [2.24, 2.45) is 0 Å². The molecule has 1 amide bonds. The molecule has 0 saturated carbocycles. The largest absolute Gasteiger partial charge is 0.497 e. The average Bonchev–Trinajstić information content (AvgIpc) is 2.86. The fourth-order valence-corrected chi connectivity index (χ4v) is 3.32. The smallest absolute Gasteiger partial charge is 0.335 e. The number of halogens is 1. The lowest BCUT2D eigenvalue weighted by atomic mass is 10.1. The van der Waals surface area contributed by atoms with E-state index in [1.165, 1.54) is 25.3 Å². The highest BCUT2D eigenvalue weighted by Crippen LogP contribution is 2.37. The van der Waals surface area contributed by atoms with Crippen molar-refractivity contribution in [2.75, 3.05) is 19.5 Å². The Bertz CT molecular complexity index is 1300. The van der Waals surface area contributed by atoms with E-state index < -0.39 is 11.9 Å². The number of rotatable bonds is 9. The van der Waals surface area contributed by atoms with Gasteiger partial charge in [0, 0.05) is 5.69 Å². The first-order valence-electron chi connectivity index (χ1n) is 10.2. The first-order chi connectivity index (χ1) is 16.8. The molecule has 0 fully saturated rings. The number of carboxylic acids is 1. The van der Waals surface area contributed by atoms with Crippen molar-refractivity contribution in [3.63, 3.8) is 0 Å². The number of anilines is 1. The molecule has 0 heterocycles. The van der Waals surface area contributed by atoms with Crippen molar-refractivity contribution in [3.8, 4) is 23.3 Å². The molecule has 8 nitrogen and oxygen atoms in total. The Kier molecular flexibility index (Phi) is 8.33. The van der Waals surface area contributed by atoms with Crippen LogP contribution >= 0.6 is 11.6 Å². The fraction of sp³-hybridized carbons (Fsp3) is 0.115. The molecule has 0 aliphatic rings. The summed E-state index contributed by atoms with van der Waals surface area (Å²) in [4.78, 5) is 23.6. The van der Waals surface area contributed by atoms with Gasteiger partial charge in [-0.25, -0.2) is 4.79 Å². The van der Waals surface area contributed by atoms with Crippen molar-refractivity contribution >= 4 is 35.2 Å². The van der Waals surface area contributed by atoms with Crippen LogP contribution in [0.3, 0.4) is 0 Å². The van der Waals surface area contributed by atoms with E-state index in [4.69, 9.17) is 30.9 Å². The molecule has 3 aromatic carbocycles. The second kappa shape index (κ2) is 11.6. The number of nitrogens with one attached hydrogen (secondary N) is 1. The number of amides is 1. The topological polar surface area (TPSA) is 118 Å². The predicted molar refractivity (Wildman–Crippen MR) is 131 cm³/mol. The Morgan fingerprint density at radius 3 is 2.31 bits per heavy atom. The molecular formula is C26H21ClN2O6. The molecule has 0 bridgehead atoms. The summed E-state index contributed by atoms with van der Waals surface area (Å²) in [6.45, 7) is 0.124. The molecule has 3 rings (SSSR count). The molecular weight excluding hydrogens is 472 g/mol. The summed E-state index contributed by atoms with van der Waals surface area (Å²) in [5, 5.41) is 21.4. The molecule has 0 aromatic heterocycles. The molecule has 0 atom stereocenters. The molecule has 0 aliphatic carbocycles. The highest BCUT2D eigenvalue weighted by Gasteiger charge is 2.15. The van der Waals surface area contributed by atoms with Gasteiger partial charge in [-0.1, -0.05) is 23.7 Å². The van der Waals surface area contributed by atoms with Crippen LogP contribution in [0.4, 0.5) is 5.69 Å². The molecule has 0 spiro atoms. The monoisotopic (exact) mass is 492 g/mol. The van der Waals surface area contributed by atoms with Gasteiger partial charge in [-0.05, 0) is 65.7 Å². The summed E-state index contributed by atoms with van der Waals surface area (Å²) in [5.41, 5.74) is 1.74. The number of methoxy groups -OCH3 is 2. The summed E-state index contributed by atoms with van der Waals surface area (Å²) >= 11 is 6.40. The molecule has 35 heavy (non-hydrogen) atoms. The highest BCUT2D eigenvalue weighted by molar-refractivity contribution is 6.32. The van der Waals surface area contributed by atoms with Crippen molar-refractivity contribution in [3.05, 3.63) is 87.9 Å². The number of nitrogens with zero attached hydrogens (tertiary/aromatic N) is 1. The molecule has 0 unspecified atom stereocenters. The van der Waals surface area contributed by atoms with Gasteiger partial charge in [0.15, 0.2) is 11.5 Å². The van der Waals surface area contributed by atoms with Crippen LogP contribution in [0.25, 0.3) is 6.08 Å². The average molecular weight is 493 g/mol. The van der Waals surface area contributed by atoms with E-state index in [-0.39, 0.29) is 28.5 Å². The maximum absolute atomic E-state index is 12.6. The zero-order valence-corrected chi connectivity index (χ0v) is 19.6. The highest BCUT2D eigenvalue weighted by atomic mass is 35.5. The predicted octanol–water partition coefficient (Wildman–Crippen LogP) is 5.18. The van der Waals surface area contributed by atoms with Gasteiger partial charge in [-0.3, -0.25) is 4.79 Å². The lowest BCUT2D eigenvalue weighted by molar-refractivity contribution is -0.112. The van der Waals surface area contributed by atoms with Gasteiger partial charge in [-0.15, -0.1) is 0 Å². The van der Waals surface area contributed by atoms with Crippen LogP contribution in [0.15, 0.2) is 66.2 Å². The maximum atomic E-state index is 12.6. The van der Waals surface area contributed by atoms with Crippen LogP contribution < -0.4 is 19.5 Å². The summed E-state index contributed by atoms with van der Waals surface area (Å²) in [6, 6.07) is 18.0. The van der Waals surface area contributed by atoms with Crippen molar-refractivity contribution < 1.29 is 28.9 Å². The summed E-state index contributed by atoms with van der Waals surface area (Å²) in [7, 11) is 2.98. The number of benzene rings is 3. The van der Waals surface area contributed by atoms with E-state index >= 15 is 0 Å². The standard InChI is InChI=1S/C26H21ClN2O6/c1-33-21-9-7-20(8-10-21)29-25(30)19(14-28)11-17-12-22(27)24(23(13-17)34-2)35-15-16-3-5-18(6-4-16)26(31)32/h3-13H,15H2,1-2H3,(H,29,30)(H,31,32). The lowest BCUT2D eigenvalue weighted by Crippen LogP contribution is -2.13. The van der Waals surface area contributed by atoms with E-state index in [0.29, 0.717) is 22.7 Å². The normalized spacial score (nSPS) is 10.7. The second-order valence-corrected chi connectivity index (χ2v) is 7.58. The number of nitriles is 1. The van der Waals surface area contributed by atoms with Crippen LogP contribution in [-0.2, 0) is 11.4 Å². The summed E-state index contributed by atoms with van der Waals surface area (Å²) in [6.07, 6.45) is 1.39. The molecule has 0 aliphatic heterocycles. The van der Waals surface area contributed by atoms with E-state index in [1.54, 1.807) is 55.6 Å². The number of carbonyl (C=O) groups excluding carboxylic acids is 1. The SMILES string of the molecule is COc1ccc(NC(=O)C(C#N)=Cc2cc(Cl)c(OCc3ccc(C(=O)O)cc3)c(OC)c2)cc1. The van der Waals surface area contributed by atoms with Crippen LogP contribution in [-0.4, -0.2) is 31.2 Å². The third kappa shape index (κ3) is 6.53. The molecule has 178 valence electrons. The quantitative estimate of drug-likeness (QED) is 0.312. The Morgan fingerprint density at radius 1 is 1.06 bits per heavy atom. The van der Waals surface area contributed by atoms with Gasteiger partial charge in [0.2, 0.25) is 0 Å². The zero-order chi connectivity index (χ0) is 25.4. The third-order valence-electron chi connectivity index (χ3n) is 4.86. The minimum atomic E-state index is -1.01. The fourth-order valence-electron chi connectivity index (χ4n) is 3.05. The van der Waals surface area contributed by atoms with Crippen LogP contribution in [0.5, 0.6) is 17.2 Å². The van der Waals surface area contributed by atoms with Crippen LogP contribution in [0.1, 0.15) is 21.5 Å². The lowest BCUT2D eigenvalue weighted by Gasteiger charge is -2.14. The van der Waals surface area contributed by atoms with Gasteiger partial charge in [0.25, 0.3) is 5.91 Å². The van der Waals surface area contributed by atoms with Crippen molar-refractivity contribution in [1.29, 1.82) is 5.26 Å². The Morgan fingerprint density at radius 2 is 1.74 bits per heavy atom. The summed E-state index contributed by atoms with van der Waals surface area (Å²) in [5.74, 6) is -0.382. The van der Waals surface area contributed by atoms with Gasteiger partial charge in [0.05, 0.1) is 24.8 Å². The second-order valence-electron chi connectivity index (χ2n) is 7.18.